The number of hydrogen-bond acceptors (Lipinski definition) is 5. The third-order valence-corrected chi connectivity index (χ3v) is 6.13. The lowest BCUT2D eigenvalue weighted by Crippen LogP contribution is -2.49. The molecule has 0 saturated carbocycles. The maximum atomic E-state index is 12.9. The molecule has 25 heavy (non-hydrogen) atoms. The van der Waals surface area contributed by atoms with Crippen molar-refractivity contribution in [3.8, 4) is 5.75 Å². The quantitative estimate of drug-likeness (QED) is 0.768. The van der Waals surface area contributed by atoms with E-state index in [0.29, 0.717) is 37.5 Å². The Hall–Kier alpha value is -1.64. The number of rotatable bonds is 7. The fraction of sp³-hybridized carbons (Fsp3) is 0.588. The van der Waals surface area contributed by atoms with Crippen LogP contribution in [0.1, 0.15) is 24.2 Å². The van der Waals surface area contributed by atoms with Crippen LogP contribution in [-0.2, 0) is 10.0 Å². The Kier molecular flexibility index (Phi) is 6.80. The SMILES string of the molecule is COc1ccccc1C(=O)N(CCS(=O)(=O)N1CCNCC1)C(C)C. The summed E-state index contributed by atoms with van der Waals surface area (Å²) < 4.78 is 31.8. The van der Waals surface area contributed by atoms with Gasteiger partial charge in [0.1, 0.15) is 5.75 Å². The summed E-state index contributed by atoms with van der Waals surface area (Å²) in [5.74, 6) is 0.192. The second-order valence-electron chi connectivity index (χ2n) is 6.26. The molecule has 1 fully saturated rings. The first-order valence-corrected chi connectivity index (χ1v) is 10.1. The topological polar surface area (TPSA) is 79.0 Å². The van der Waals surface area contributed by atoms with Gasteiger partial charge < -0.3 is 15.0 Å². The number of nitrogens with one attached hydrogen (secondary N) is 1. The maximum absolute atomic E-state index is 12.9. The van der Waals surface area contributed by atoms with Crippen LogP contribution in [0.3, 0.4) is 0 Å². The Bertz CT molecular complexity index is 685. The molecule has 1 heterocycles. The molecule has 1 aliphatic rings. The van der Waals surface area contributed by atoms with Crippen LogP contribution in [0, 0.1) is 0 Å². The molecule has 0 aromatic heterocycles. The lowest BCUT2D eigenvalue weighted by molar-refractivity contribution is 0.0714. The van der Waals surface area contributed by atoms with Gasteiger partial charge in [0.25, 0.3) is 5.91 Å². The van der Waals surface area contributed by atoms with Crippen LogP contribution in [0.4, 0.5) is 0 Å². The fourth-order valence-corrected chi connectivity index (χ4v) is 4.26. The van der Waals surface area contributed by atoms with E-state index < -0.39 is 10.0 Å². The molecule has 0 aliphatic carbocycles. The van der Waals surface area contributed by atoms with Crippen molar-refractivity contribution in [2.75, 3.05) is 45.6 Å². The van der Waals surface area contributed by atoms with Gasteiger partial charge in [-0.15, -0.1) is 0 Å². The number of ether oxygens (including phenoxy) is 1. The molecule has 0 bridgehead atoms. The molecule has 1 saturated heterocycles. The van der Waals surface area contributed by atoms with E-state index in [1.165, 1.54) is 11.4 Å². The van der Waals surface area contributed by atoms with E-state index in [4.69, 9.17) is 4.74 Å². The number of amides is 1. The summed E-state index contributed by atoms with van der Waals surface area (Å²) in [6, 6.07) is 6.87. The normalized spacial score (nSPS) is 16.0. The molecule has 1 amide bonds. The van der Waals surface area contributed by atoms with Crippen LogP contribution in [0.2, 0.25) is 0 Å². The van der Waals surface area contributed by atoms with Gasteiger partial charge in [0.2, 0.25) is 10.0 Å². The molecule has 1 aromatic rings. The Balaban J connectivity index is 2.11. The van der Waals surface area contributed by atoms with E-state index >= 15 is 0 Å². The summed E-state index contributed by atoms with van der Waals surface area (Å²) >= 11 is 0. The van der Waals surface area contributed by atoms with E-state index in [2.05, 4.69) is 5.32 Å². The number of sulfonamides is 1. The number of carbonyl (C=O) groups excluding carboxylic acids is 1. The van der Waals surface area contributed by atoms with Crippen molar-refractivity contribution in [3.63, 3.8) is 0 Å². The lowest BCUT2D eigenvalue weighted by atomic mass is 10.1. The van der Waals surface area contributed by atoms with Crippen molar-refractivity contribution in [1.82, 2.24) is 14.5 Å². The summed E-state index contributed by atoms with van der Waals surface area (Å²) in [7, 11) is -1.86. The third kappa shape index (κ3) is 4.93. The predicted octanol–water partition coefficient (Wildman–Crippen LogP) is 0.781. The highest BCUT2D eigenvalue weighted by molar-refractivity contribution is 7.89. The van der Waals surface area contributed by atoms with Crippen LogP contribution in [-0.4, -0.2) is 75.2 Å². The molecular weight excluding hydrogens is 342 g/mol. The lowest BCUT2D eigenvalue weighted by Gasteiger charge is -2.30. The molecule has 140 valence electrons. The summed E-state index contributed by atoms with van der Waals surface area (Å²) in [5, 5.41) is 3.14. The first kappa shape index (κ1) is 19.7. The number of nitrogens with zero attached hydrogens (tertiary/aromatic N) is 2. The van der Waals surface area contributed by atoms with Gasteiger partial charge in [-0.25, -0.2) is 8.42 Å². The molecule has 2 rings (SSSR count). The number of carbonyl (C=O) groups is 1. The molecule has 0 atom stereocenters. The minimum Gasteiger partial charge on any atom is -0.496 e. The van der Waals surface area contributed by atoms with Gasteiger partial charge >= 0.3 is 0 Å². The molecule has 0 unspecified atom stereocenters. The molecule has 0 radical (unpaired) electrons. The predicted molar refractivity (Wildman–Crippen MR) is 97.4 cm³/mol. The molecule has 1 aliphatic heterocycles. The summed E-state index contributed by atoms with van der Waals surface area (Å²) in [6.07, 6.45) is 0. The van der Waals surface area contributed by atoms with Crippen molar-refractivity contribution >= 4 is 15.9 Å². The van der Waals surface area contributed by atoms with Crippen molar-refractivity contribution in [1.29, 1.82) is 0 Å². The second kappa shape index (κ2) is 8.64. The van der Waals surface area contributed by atoms with Gasteiger partial charge in [-0.1, -0.05) is 12.1 Å². The molecule has 0 spiro atoms. The average molecular weight is 369 g/mol. The van der Waals surface area contributed by atoms with Crippen molar-refractivity contribution in [2.24, 2.45) is 0 Å². The highest BCUT2D eigenvalue weighted by Crippen LogP contribution is 2.20. The van der Waals surface area contributed by atoms with Crippen molar-refractivity contribution < 1.29 is 17.9 Å². The highest BCUT2D eigenvalue weighted by atomic mass is 32.2. The smallest absolute Gasteiger partial charge is 0.257 e. The number of para-hydroxylation sites is 1. The van der Waals surface area contributed by atoms with E-state index in [1.807, 2.05) is 13.8 Å². The summed E-state index contributed by atoms with van der Waals surface area (Å²) in [5.41, 5.74) is 0.443. The van der Waals surface area contributed by atoms with Crippen molar-refractivity contribution in [3.05, 3.63) is 29.8 Å². The molecule has 1 N–H and O–H groups in total. The molecule has 8 heteroatoms. The standard InChI is InChI=1S/C17H27N3O4S/c1-14(2)20(17(21)15-6-4-5-7-16(15)24-3)12-13-25(22,23)19-10-8-18-9-11-19/h4-7,14,18H,8-13H2,1-3H3. The maximum Gasteiger partial charge on any atom is 0.257 e. The fourth-order valence-electron chi connectivity index (χ4n) is 2.84. The number of benzene rings is 1. The van der Waals surface area contributed by atoms with Crippen molar-refractivity contribution in [2.45, 2.75) is 19.9 Å². The van der Waals surface area contributed by atoms with Crippen LogP contribution in [0.5, 0.6) is 5.75 Å². The monoisotopic (exact) mass is 369 g/mol. The minimum atomic E-state index is -3.38. The summed E-state index contributed by atoms with van der Waals surface area (Å²) in [4.78, 5) is 14.5. The van der Waals surface area contributed by atoms with Crippen LogP contribution in [0.15, 0.2) is 24.3 Å². The van der Waals surface area contributed by atoms with Gasteiger partial charge in [-0.05, 0) is 26.0 Å². The van der Waals surface area contributed by atoms with Gasteiger partial charge in [-0.3, -0.25) is 4.79 Å². The largest absolute Gasteiger partial charge is 0.496 e. The zero-order chi connectivity index (χ0) is 18.4. The van der Waals surface area contributed by atoms with Crippen LogP contribution < -0.4 is 10.1 Å². The van der Waals surface area contributed by atoms with E-state index in [9.17, 15) is 13.2 Å². The zero-order valence-electron chi connectivity index (χ0n) is 15.1. The van der Waals surface area contributed by atoms with E-state index in [1.54, 1.807) is 29.2 Å². The Morgan fingerprint density at radius 2 is 1.92 bits per heavy atom. The van der Waals surface area contributed by atoms with Crippen LogP contribution in [0.25, 0.3) is 0 Å². The average Bonchev–Trinajstić information content (AvgIpc) is 2.62. The third-order valence-electron chi connectivity index (χ3n) is 4.28. The zero-order valence-corrected chi connectivity index (χ0v) is 15.9. The van der Waals surface area contributed by atoms with E-state index in [-0.39, 0.29) is 24.2 Å². The second-order valence-corrected chi connectivity index (χ2v) is 8.35. The van der Waals surface area contributed by atoms with Gasteiger partial charge in [-0.2, -0.15) is 4.31 Å². The van der Waals surface area contributed by atoms with E-state index in [0.717, 1.165) is 0 Å². The minimum absolute atomic E-state index is 0.0773. The molecule has 7 nitrogen and oxygen atoms in total. The number of piperazine rings is 1. The first-order chi connectivity index (χ1) is 11.9. The van der Waals surface area contributed by atoms with Gasteiger partial charge in [0.05, 0.1) is 18.4 Å². The first-order valence-electron chi connectivity index (χ1n) is 8.49. The number of hydrogen-bond donors (Lipinski definition) is 1. The summed E-state index contributed by atoms with van der Waals surface area (Å²) in [6.45, 7) is 6.19. The highest BCUT2D eigenvalue weighted by Gasteiger charge is 2.27. The van der Waals surface area contributed by atoms with Gasteiger partial charge in [0.15, 0.2) is 0 Å². The van der Waals surface area contributed by atoms with Crippen LogP contribution >= 0.6 is 0 Å². The van der Waals surface area contributed by atoms with Gasteiger partial charge in [0, 0.05) is 38.8 Å². The Morgan fingerprint density at radius 1 is 1.28 bits per heavy atom. The Morgan fingerprint density at radius 3 is 2.52 bits per heavy atom. The molecular formula is C17H27N3O4S. The molecule has 1 aromatic carbocycles. The number of methoxy groups -OCH3 is 1. The Labute approximate surface area is 150 Å².